The summed E-state index contributed by atoms with van der Waals surface area (Å²) < 4.78 is 5.19. The van der Waals surface area contributed by atoms with E-state index in [9.17, 15) is 14.7 Å². The number of Topliss-reactive ketones (excluding diaryl/α,β-unsaturated/α-hetero) is 1. The average Bonchev–Trinajstić information content (AvgIpc) is 3.02. The Kier molecular flexibility index (Phi) is 2.15. The molecule has 2 N–H and O–H groups in total. The van der Waals surface area contributed by atoms with Crippen LogP contribution >= 0.6 is 0 Å². The lowest BCUT2D eigenvalue weighted by molar-refractivity contribution is -0.138. The molecule has 0 unspecified atom stereocenters. The molecule has 2 fully saturated rings. The van der Waals surface area contributed by atoms with Crippen LogP contribution < -0.4 is 5.32 Å². The van der Waals surface area contributed by atoms with Crippen molar-refractivity contribution in [2.24, 2.45) is 0 Å². The van der Waals surface area contributed by atoms with Gasteiger partial charge < -0.3 is 15.2 Å². The summed E-state index contributed by atoms with van der Waals surface area (Å²) in [4.78, 5) is 23.2. The molecule has 5 nitrogen and oxygen atoms in total. The summed E-state index contributed by atoms with van der Waals surface area (Å²) in [7, 11) is 0. The Bertz CT molecular complexity index is 529. The van der Waals surface area contributed by atoms with Crippen molar-refractivity contribution in [1.29, 1.82) is 0 Å². The molecule has 1 aromatic rings. The number of amides is 1. The molecule has 3 atom stereocenters. The number of nitrogens with one attached hydrogen (secondary N) is 1. The molecule has 0 aromatic heterocycles. The first-order chi connectivity index (χ1) is 8.49. The van der Waals surface area contributed by atoms with Gasteiger partial charge in [0.05, 0.1) is 0 Å². The molecule has 2 aliphatic heterocycles. The quantitative estimate of drug-likeness (QED) is 0.571. The predicted molar refractivity (Wildman–Crippen MR) is 61.5 cm³/mol. The number of carbonyl (C=O) groups excluding carboxylic acids is 2. The number of hydrogen-bond donors (Lipinski definition) is 2. The smallest absolute Gasteiger partial charge is 0.265 e. The lowest BCUT2D eigenvalue weighted by Gasteiger charge is -2.23. The van der Waals surface area contributed by atoms with E-state index in [4.69, 9.17) is 4.74 Å². The molecule has 0 bridgehead atoms. The van der Waals surface area contributed by atoms with E-state index < -0.39 is 23.3 Å². The monoisotopic (exact) mass is 247 g/mol. The van der Waals surface area contributed by atoms with Crippen LogP contribution in [0.3, 0.4) is 0 Å². The van der Waals surface area contributed by atoms with Crippen LogP contribution in [0.2, 0.25) is 0 Å². The SMILES string of the molecule is CC(=O)[C@@]12O[C@H]1[C@](O)(Cc1ccccc1)NC2=O. The van der Waals surface area contributed by atoms with Crippen molar-refractivity contribution in [3.05, 3.63) is 35.9 Å². The fraction of sp³-hybridized carbons (Fsp3) is 0.385. The second kappa shape index (κ2) is 3.40. The zero-order valence-corrected chi connectivity index (χ0v) is 9.84. The average molecular weight is 247 g/mol. The number of aliphatic hydroxyl groups is 1. The van der Waals surface area contributed by atoms with E-state index in [1.54, 1.807) is 0 Å². The number of fused-ring (bicyclic) bond motifs is 1. The van der Waals surface area contributed by atoms with Gasteiger partial charge in [0, 0.05) is 6.42 Å². The molecule has 0 radical (unpaired) electrons. The number of ether oxygens (including phenoxy) is 1. The minimum absolute atomic E-state index is 0.222. The highest BCUT2D eigenvalue weighted by molar-refractivity contribution is 6.14. The topological polar surface area (TPSA) is 78.9 Å². The summed E-state index contributed by atoms with van der Waals surface area (Å²) in [6.07, 6.45) is -0.561. The molecule has 5 heteroatoms. The van der Waals surface area contributed by atoms with Gasteiger partial charge in [-0.25, -0.2) is 0 Å². The Labute approximate surface area is 104 Å². The number of benzene rings is 1. The third-order valence-corrected chi connectivity index (χ3v) is 3.56. The highest BCUT2D eigenvalue weighted by Crippen LogP contribution is 2.49. The minimum Gasteiger partial charge on any atom is -0.368 e. The summed E-state index contributed by atoms with van der Waals surface area (Å²) in [6.45, 7) is 1.30. The zero-order chi connectivity index (χ0) is 13.0. The van der Waals surface area contributed by atoms with E-state index in [0.717, 1.165) is 5.56 Å². The largest absolute Gasteiger partial charge is 0.368 e. The van der Waals surface area contributed by atoms with Gasteiger partial charge in [0.2, 0.25) is 5.60 Å². The molecular weight excluding hydrogens is 234 g/mol. The first-order valence-corrected chi connectivity index (χ1v) is 5.77. The van der Waals surface area contributed by atoms with E-state index in [0.29, 0.717) is 0 Å². The van der Waals surface area contributed by atoms with Crippen LogP contribution in [0.4, 0.5) is 0 Å². The van der Waals surface area contributed by atoms with Gasteiger partial charge in [-0.2, -0.15) is 0 Å². The molecule has 2 heterocycles. The van der Waals surface area contributed by atoms with Crippen LogP contribution in [-0.4, -0.2) is 34.2 Å². The molecule has 0 spiro atoms. The summed E-state index contributed by atoms with van der Waals surface area (Å²) >= 11 is 0. The minimum atomic E-state index is -1.50. The van der Waals surface area contributed by atoms with Gasteiger partial charge in [0.25, 0.3) is 5.91 Å². The highest BCUT2D eigenvalue weighted by atomic mass is 16.6. The lowest BCUT2D eigenvalue weighted by atomic mass is 9.94. The number of hydrogen-bond acceptors (Lipinski definition) is 4. The summed E-state index contributed by atoms with van der Waals surface area (Å²) in [6, 6.07) is 9.26. The molecule has 0 saturated carbocycles. The maximum Gasteiger partial charge on any atom is 0.265 e. The molecule has 1 amide bonds. The van der Waals surface area contributed by atoms with Crippen molar-refractivity contribution in [3.8, 4) is 0 Å². The predicted octanol–water partition coefficient (Wildman–Crippen LogP) is -0.226. The van der Waals surface area contributed by atoms with Gasteiger partial charge in [0.15, 0.2) is 17.6 Å². The van der Waals surface area contributed by atoms with Gasteiger partial charge in [-0.1, -0.05) is 30.3 Å². The fourth-order valence-electron chi connectivity index (χ4n) is 2.58. The zero-order valence-electron chi connectivity index (χ0n) is 9.84. The summed E-state index contributed by atoms with van der Waals surface area (Å²) in [5.41, 5.74) is -2.08. The normalized spacial score (nSPS) is 37.0. The Morgan fingerprint density at radius 1 is 1.44 bits per heavy atom. The molecule has 3 rings (SSSR count). The van der Waals surface area contributed by atoms with Crippen LogP contribution in [0.1, 0.15) is 12.5 Å². The number of ketones is 1. The third-order valence-electron chi connectivity index (χ3n) is 3.56. The molecule has 18 heavy (non-hydrogen) atoms. The molecule has 0 aliphatic carbocycles. The van der Waals surface area contributed by atoms with Crippen LogP contribution in [0.25, 0.3) is 0 Å². The molecule has 1 aromatic carbocycles. The maximum atomic E-state index is 11.8. The molecule has 2 saturated heterocycles. The van der Waals surface area contributed by atoms with Crippen molar-refractivity contribution in [2.45, 2.75) is 30.8 Å². The van der Waals surface area contributed by atoms with Gasteiger partial charge >= 0.3 is 0 Å². The first kappa shape index (κ1) is 11.4. The van der Waals surface area contributed by atoms with Gasteiger partial charge in [-0.15, -0.1) is 0 Å². The van der Waals surface area contributed by atoms with Crippen LogP contribution in [0, 0.1) is 0 Å². The van der Waals surface area contributed by atoms with Crippen molar-refractivity contribution < 1.29 is 19.4 Å². The second-order valence-electron chi connectivity index (χ2n) is 4.83. The third kappa shape index (κ3) is 1.34. The van der Waals surface area contributed by atoms with Crippen molar-refractivity contribution in [3.63, 3.8) is 0 Å². The first-order valence-electron chi connectivity index (χ1n) is 5.77. The number of carbonyl (C=O) groups is 2. The number of rotatable bonds is 3. The standard InChI is InChI=1S/C13H13NO4/c1-8(15)13-10(18-13)12(17,14-11(13)16)7-9-5-3-2-4-6-9/h2-6,10,17H,7H2,1H3,(H,14,16)/t10-,12+,13+/m0/s1. The number of morpholine rings is 1. The Balaban J connectivity index is 1.87. The molecular formula is C13H13NO4. The Hall–Kier alpha value is -1.72. The van der Waals surface area contributed by atoms with Gasteiger partial charge in [-0.3, -0.25) is 9.59 Å². The van der Waals surface area contributed by atoms with Crippen molar-refractivity contribution in [1.82, 2.24) is 5.32 Å². The van der Waals surface area contributed by atoms with E-state index in [1.165, 1.54) is 6.92 Å². The van der Waals surface area contributed by atoms with Crippen LogP contribution in [-0.2, 0) is 20.7 Å². The fourth-order valence-corrected chi connectivity index (χ4v) is 2.58. The van der Waals surface area contributed by atoms with Crippen LogP contribution in [0.15, 0.2) is 30.3 Å². The van der Waals surface area contributed by atoms with Crippen molar-refractivity contribution in [2.75, 3.05) is 0 Å². The van der Waals surface area contributed by atoms with E-state index in [1.807, 2.05) is 30.3 Å². The lowest BCUT2D eigenvalue weighted by Crippen LogP contribution is -2.49. The Morgan fingerprint density at radius 3 is 2.61 bits per heavy atom. The number of epoxide rings is 1. The van der Waals surface area contributed by atoms with E-state index in [-0.39, 0.29) is 12.2 Å². The molecule has 94 valence electrons. The van der Waals surface area contributed by atoms with Gasteiger partial charge in [-0.05, 0) is 12.5 Å². The van der Waals surface area contributed by atoms with Crippen LogP contribution in [0.5, 0.6) is 0 Å². The second-order valence-corrected chi connectivity index (χ2v) is 4.83. The van der Waals surface area contributed by atoms with E-state index in [2.05, 4.69) is 5.32 Å². The highest BCUT2D eigenvalue weighted by Gasteiger charge is 2.79. The van der Waals surface area contributed by atoms with E-state index >= 15 is 0 Å². The maximum absolute atomic E-state index is 11.8. The summed E-state index contributed by atoms with van der Waals surface area (Å²) in [5.74, 6) is -0.910. The molecule has 2 aliphatic rings. The Morgan fingerprint density at radius 2 is 2.11 bits per heavy atom. The summed E-state index contributed by atoms with van der Waals surface area (Å²) in [5, 5.41) is 12.9. The van der Waals surface area contributed by atoms with Crippen molar-refractivity contribution >= 4 is 11.7 Å². The van der Waals surface area contributed by atoms with Gasteiger partial charge in [0.1, 0.15) is 0 Å².